The summed E-state index contributed by atoms with van der Waals surface area (Å²) in [6, 6.07) is 9.54. The maximum absolute atomic E-state index is 12.4. The number of aryl methyl sites for hydroxylation is 1. The molecule has 8 heteroatoms. The first-order valence-electron chi connectivity index (χ1n) is 6.93. The van der Waals surface area contributed by atoms with E-state index >= 15 is 0 Å². The summed E-state index contributed by atoms with van der Waals surface area (Å²) in [5, 5.41) is 3.69. The molecule has 0 atom stereocenters. The van der Waals surface area contributed by atoms with Crippen LogP contribution < -0.4 is 5.32 Å². The van der Waals surface area contributed by atoms with Crippen molar-refractivity contribution >= 4 is 54.0 Å². The molecule has 1 N–H and O–H groups in total. The molecule has 124 valence electrons. The Morgan fingerprint density at radius 3 is 2.67 bits per heavy atom. The zero-order chi connectivity index (χ0) is 17.5. The summed E-state index contributed by atoms with van der Waals surface area (Å²) in [6.07, 6.45) is 1.10. The molecule has 3 rings (SSSR count). The fourth-order valence-electron chi connectivity index (χ4n) is 2.19. The summed E-state index contributed by atoms with van der Waals surface area (Å²) >= 11 is 7.44. The minimum Gasteiger partial charge on any atom is -0.298 e. The fraction of sp³-hybridized carbons (Fsp3) is 0.125. The van der Waals surface area contributed by atoms with Gasteiger partial charge in [-0.1, -0.05) is 35.1 Å². The van der Waals surface area contributed by atoms with Gasteiger partial charge in [-0.3, -0.25) is 10.1 Å². The molecule has 3 aromatic rings. The number of hydrogen-bond donors (Lipinski definition) is 1. The van der Waals surface area contributed by atoms with Crippen molar-refractivity contribution < 1.29 is 13.2 Å². The number of halogens is 1. The molecule has 1 amide bonds. The first-order valence-corrected chi connectivity index (χ1v) is 10.0. The van der Waals surface area contributed by atoms with Crippen LogP contribution in [0.1, 0.15) is 15.9 Å². The molecule has 24 heavy (non-hydrogen) atoms. The number of nitrogens with zero attached hydrogens (tertiary/aromatic N) is 1. The van der Waals surface area contributed by atoms with E-state index < -0.39 is 15.7 Å². The summed E-state index contributed by atoms with van der Waals surface area (Å²) in [7, 11) is -3.37. The number of hydrogen-bond acceptors (Lipinski definition) is 5. The Labute approximate surface area is 148 Å². The lowest BCUT2D eigenvalue weighted by atomic mass is 10.2. The molecule has 0 bridgehead atoms. The minimum atomic E-state index is -3.37. The maximum atomic E-state index is 12.4. The van der Waals surface area contributed by atoms with Gasteiger partial charge in [0.25, 0.3) is 5.91 Å². The second kappa shape index (κ2) is 6.16. The Balaban J connectivity index is 1.93. The summed E-state index contributed by atoms with van der Waals surface area (Å²) in [4.78, 5) is 16.9. The van der Waals surface area contributed by atoms with E-state index in [1.807, 2.05) is 13.0 Å². The molecule has 0 aliphatic carbocycles. The number of sulfone groups is 1. The highest BCUT2D eigenvalue weighted by atomic mass is 35.5. The molecular weight excluding hydrogens is 368 g/mol. The number of carbonyl (C=O) groups is 1. The van der Waals surface area contributed by atoms with E-state index in [4.69, 9.17) is 11.6 Å². The number of thiazole rings is 1. The molecule has 0 aliphatic heterocycles. The molecule has 0 saturated carbocycles. The molecule has 1 heterocycles. The van der Waals surface area contributed by atoms with Crippen LogP contribution in [0.5, 0.6) is 0 Å². The van der Waals surface area contributed by atoms with Crippen molar-refractivity contribution in [3.8, 4) is 0 Å². The van der Waals surface area contributed by atoms with Crippen LogP contribution in [0.2, 0.25) is 5.02 Å². The molecule has 5 nitrogen and oxygen atoms in total. The van der Waals surface area contributed by atoms with Gasteiger partial charge in [-0.05, 0) is 36.8 Å². The normalized spacial score (nSPS) is 11.6. The summed E-state index contributed by atoms with van der Waals surface area (Å²) < 4.78 is 24.0. The van der Waals surface area contributed by atoms with Crippen LogP contribution in [0.15, 0.2) is 41.3 Å². The van der Waals surface area contributed by atoms with E-state index in [0.717, 1.165) is 22.0 Å². The average molecular weight is 381 g/mol. The number of benzene rings is 2. The lowest BCUT2D eigenvalue weighted by Gasteiger charge is -2.03. The highest BCUT2D eigenvalue weighted by molar-refractivity contribution is 7.90. The van der Waals surface area contributed by atoms with Crippen molar-refractivity contribution in [2.45, 2.75) is 11.8 Å². The van der Waals surface area contributed by atoms with Crippen LogP contribution in [0, 0.1) is 6.92 Å². The van der Waals surface area contributed by atoms with E-state index in [-0.39, 0.29) is 10.5 Å². The molecule has 0 radical (unpaired) electrons. The quantitative estimate of drug-likeness (QED) is 0.747. The third kappa shape index (κ3) is 3.28. The average Bonchev–Trinajstić information content (AvgIpc) is 2.95. The van der Waals surface area contributed by atoms with E-state index in [1.54, 1.807) is 12.1 Å². The molecule has 0 unspecified atom stereocenters. The zero-order valence-corrected chi connectivity index (χ0v) is 15.2. The SMILES string of the molecule is Cc1ccc(Cl)c2sc(NC(=O)c3cccc(S(C)(=O)=O)c3)nc12. The molecule has 0 fully saturated rings. The largest absolute Gasteiger partial charge is 0.298 e. The van der Waals surface area contributed by atoms with Crippen LogP contribution in [0.3, 0.4) is 0 Å². The highest BCUT2D eigenvalue weighted by Gasteiger charge is 2.15. The van der Waals surface area contributed by atoms with Crippen LogP contribution in [-0.4, -0.2) is 25.6 Å². The number of fused-ring (bicyclic) bond motifs is 1. The van der Waals surface area contributed by atoms with Gasteiger partial charge < -0.3 is 0 Å². The van der Waals surface area contributed by atoms with Gasteiger partial charge in [0.15, 0.2) is 15.0 Å². The number of nitrogens with one attached hydrogen (secondary N) is 1. The van der Waals surface area contributed by atoms with Gasteiger partial charge in [0.1, 0.15) is 0 Å². The van der Waals surface area contributed by atoms with Gasteiger partial charge in [-0.15, -0.1) is 0 Å². The van der Waals surface area contributed by atoms with Crippen LogP contribution >= 0.6 is 22.9 Å². The number of rotatable bonds is 3. The third-order valence-corrected chi connectivity index (χ3v) is 5.98. The van der Waals surface area contributed by atoms with E-state index in [2.05, 4.69) is 10.3 Å². The van der Waals surface area contributed by atoms with Crippen molar-refractivity contribution in [2.24, 2.45) is 0 Å². The Bertz CT molecular complexity index is 1020. The van der Waals surface area contributed by atoms with Crippen molar-refractivity contribution in [3.63, 3.8) is 0 Å². The van der Waals surface area contributed by atoms with Gasteiger partial charge in [-0.25, -0.2) is 13.4 Å². The van der Waals surface area contributed by atoms with Gasteiger partial charge in [0.05, 0.1) is 20.1 Å². The van der Waals surface area contributed by atoms with Crippen molar-refractivity contribution in [2.75, 3.05) is 11.6 Å². The molecule has 0 saturated heterocycles. The predicted octanol–water partition coefficient (Wildman–Crippen LogP) is 3.91. The minimum absolute atomic E-state index is 0.0957. The number of amides is 1. The molecular formula is C16H13ClN2O3S2. The standard InChI is InChI=1S/C16H13ClN2O3S2/c1-9-6-7-12(17)14-13(9)18-16(23-14)19-15(20)10-4-3-5-11(8-10)24(2,21)22/h3-8H,1-2H3,(H,18,19,20). The van der Waals surface area contributed by atoms with E-state index in [1.165, 1.54) is 29.5 Å². The first kappa shape index (κ1) is 16.9. The lowest BCUT2D eigenvalue weighted by molar-refractivity contribution is 0.102. The Morgan fingerprint density at radius 2 is 2.00 bits per heavy atom. The highest BCUT2D eigenvalue weighted by Crippen LogP contribution is 2.34. The number of aromatic nitrogens is 1. The number of anilines is 1. The maximum Gasteiger partial charge on any atom is 0.257 e. The summed E-state index contributed by atoms with van der Waals surface area (Å²) in [5.41, 5.74) is 1.96. The second-order valence-electron chi connectivity index (χ2n) is 5.32. The Kier molecular flexibility index (Phi) is 4.33. The molecule has 1 aromatic heterocycles. The Morgan fingerprint density at radius 1 is 1.25 bits per heavy atom. The third-order valence-electron chi connectivity index (χ3n) is 3.44. The zero-order valence-electron chi connectivity index (χ0n) is 12.8. The number of carbonyl (C=O) groups excluding carboxylic acids is 1. The molecule has 0 spiro atoms. The van der Waals surface area contributed by atoms with E-state index in [0.29, 0.717) is 10.2 Å². The fourth-order valence-corrected chi connectivity index (χ4v) is 4.07. The van der Waals surface area contributed by atoms with Crippen molar-refractivity contribution in [1.82, 2.24) is 4.98 Å². The van der Waals surface area contributed by atoms with Crippen LogP contribution in [0.25, 0.3) is 10.2 Å². The molecule has 0 aliphatic rings. The summed E-state index contributed by atoms with van der Waals surface area (Å²) in [6.45, 7) is 1.92. The van der Waals surface area contributed by atoms with Gasteiger partial charge in [0, 0.05) is 11.8 Å². The summed E-state index contributed by atoms with van der Waals surface area (Å²) in [5.74, 6) is -0.423. The van der Waals surface area contributed by atoms with Gasteiger partial charge in [-0.2, -0.15) is 0 Å². The Hall–Kier alpha value is -1.96. The van der Waals surface area contributed by atoms with Crippen molar-refractivity contribution in [3.05, 3.63) is 52.5 Å². The monoisotopic (exact) mass is 380 g/mol. The topological polar surface area (TPSA) is 76.1 Å². The van der Waals surface area contributed by atoms with Gasteiger partial charge >= 0.3 is 0 Å². The first-order chi connectivity index (χ1) is 11.3. The van der Waals surface area contributed by atoms with Gasteiger partial charge in [0.2, 0.25) is 0 Å². The smallest absolute Gasteiger partial charge is 0.257 e. The second-order valence-corrected chi connectivity index (χ2v) is 8.74. The van der Waals surface area contributed by atoms with Crippen LogP contribution in [-0.2, 0) is 9.84 Å². The van der Waals surface area contributed by atoms with Crippen molar-refractivity contribution in [1.29, 1.82) is 0 Å². The van der Waals surface area contributed by atoms with E-state index in [9.17, 15) is 13.2 Å². The lowest BCUT2D eigenvalue weighted by Crippen LogP contribution is -2.12. The molecule has 2 aromatic carbocycles. The van der Waals surface area contributed by atoms with Crippen LogP contribution in [0.4, 0.5) is 5.13 Å². The predicted molar refractivity (Wildman–Crippen MR) is 96.9 cm³/mol.